The van der Waals surface area contributed by atoms with Gasteiger partial charge in [0.25, 0.3) is 5.91 Å². The Morgan fingerprint density at radius 2 is 1.73 bits per heavy atom. The molecule has 6 nitrogen and oxygen atoms in total. The van der Waals surface area contributed by atoms with Gasteiger partial charge in [-0.1, -0.05) is 18.2 Å². The molecule has 2 aromatic carbocycles. The lowest BCUT2D eigenvalue weighted by molar-refractivity contribution is 0.102. The van der Waals surface area contributed by atoms with Crippen LogP contribution in [0.3, 0.4) is 0 Å². The highest BCUT2D eigenvalue weighted by Crippen LogP contribution is 2.38. The van der Waals surface area contributed by atoms with Crippen LogP contribution < -0.4 is 14.8 Å². The normalized spacial score (nSPS) is 17.7. The third-order valence-corrected chi connectivity index (χ3v) is 6.26. The fourth-order valence-corrected chi connectivity index (χ4v) is 4.76. The molecule has 170 valence electrons. The number of aromatic nitrogens is 1. The topological polar surface area (TPSA) is 63.7 Å². The van der Waals surface area contributed by atoms with Crippen LogP contribution in [0.25, 0.3) is 0 Å². The second-order valence-electron chi connectivity index (χ2n) is 8.82. The van der Waals surface area contributed by atoms with E-state index in [9.17, 15) is 4.79 Å². The number of anilines is 1. The van der Waals surface area contributed by atoms with Crippen LogP contribution in [0, 0.1) is 13.8 Å². The summed E-state index contributed by atoms with van der Waals surface area (Å²) in [5.41, 5.74) is 5.61. The lowest BCUT2D eigenvalue weighted by atomic mass is 10.0. The maximum absolute atomic E-state index is 12.6. The van der Waals surface area contributed by atoms with Gasteiger partial charge in [-0.15, -0.1) is 0 Å². The molecule has 0 radical (unpaired) electrons. The Hall–Kier alpha value is -3.38. The number of rotatable bonds is 5. The average Bonchev–Trinajstić information content (AvgIpc) is 3.27. The quantitative estimate of drug-likeness (QED) is 0.597. The highest BCUT2D eigenvalue weighted by atomic mass is 16.6. The van der Waals surface area contributed by atoms with Crippen molar-refractivity contribution in [2.45, 2.75) is 39.3 Å². The van der Waals surface area contributed by atoms with E-state index >= 15 is 0 Å². The first-order valence-corrected chi connectivity index (χ1v) is 11.5. The Balaban J connectivity index is 1.24. The van der Waals surface area contributed by atoms with Gasteiger partial charge in [-0.2, -0.15) is 0 Å². The van der Waals surface area contributed by atoms with Crippen molar-refractivity contribution < 1.29 is 14.3 Å². The summed E-state index contributed by atoms with van der Waals surface area (Å²) >= 11 is 0. The summed E-state index contributed by atoms with van der Waals surface area (Å²) in [4.78, 5) is 19.5. The van der Waals surface area contributed by atoms with Gasteiger partial charge >= 0.3 is 0 Å². The first-order valence-electron chi connectivity index (χ1n) is 11.5. The highest BCUT2D eigenvalue weighted by Gasteiger charge is 2.27. The number of carbonyl (C=O) groups excluding carboxylic acids is 1. The van der Waals surface area contributed by atoms with Gasteiger partial charge in [-0.3, -0.25) is 14.7 Å². The van der Waals surface area contributed by atoms with Crippen molar-refractivity contribution in [2.75, 3.05) is 25.1 Å². The van der Waals surface area contributed by atoms with E-state index in [2.05, 4.69) is 39.5 Å². The molecule has 6 heteroatoms. The standard InChI is InChI=1S/C27H29N3O3/c1-18-14-22(15-19(2)28-18)27(31)29-23-8-5-20(6-9-23)17-30-11-3-4-24(30)21-7-10-25-26(16-21)33-13-12-32-25/h5-10,14-16,24H,3-4,11-13,17H2,1-2H3,(H,29,31)/t24-/m1/s1. The van der Waals surface area contributed by atoms with Crippen molar-refractivity contribution in [3.63, 3.8) is 0 Å². The molecule has 0 aliphatic carbocycles. The summed E-state index contributed by atoms with van der Waals surface area (Å²) in [6.45, 7) is 6.95. The monoisotopic (exact) mass is 443 g/mol. The molecular weight excluding hydrogens is 414 g/mol. The number of benzene rings is 2. The summed E-state index contributed by atoms with van der Waals surface area (Å²) in [5, 5.41) is 2.99. The summed E-state index contributed by atoms with van der Waals surface area (Å²) in [7, 11) is 0. The first-order chi connectivity index (χ1) is 16.0. The van der Waals surface area contributed by atoms with Gasteiger partial charge in [0.15, 0.2) is 11.5 Å². The molecule has 1 aromatic heterocycles. The molecular formula is C27H29N3O3. The molecule has 0 unspecified atom stereocenters. The van der Waals surface area contributed by atoms with Crippen molar-refractivity contribution in [3.05, 3.63) is 82.7 Å². The molecule has 3 aromatic rings. The maximum Gasteiger partial charge on any atom is 0.255 e. The van der Waals surface area contributed by atoms with E-state index in [1.165, 1.54) is 17.5 Å². The van der Waals surface area contributed by atoms with Gasteiger partial charge in [-0.25, -0.2) is 0 Å². The Kier molecular flexibility index (Phi) is 6.01. The maximum atomic E-state index is 12.6. The van der Waals surface area contributed by atoms with E-state index in [1.807, 2.05) is 44.2 Å². The predicted molar refractivity (Wildman–Crippen MR) is 128 cm³/mol. The molecule has 0 bridgehead atoms. The number of nitrogens with one attached hydrogen (secondary N) is 1. The largest absolute Gasteiger partial charge is 0.486 e. The predicted octanol–water partition coefficient (Wildman–Crippen LogP) is 5.06. The lowest BCUT2D eigenvalue weighted by Gasteiger charge is -2.26. The van der Waals surface area contributed by atoms with Crippen LogP contribution in [0.1, 0.15) is 51.8 Å². The summed E-state index contributed by atoms with van der Waals surface area (Å²) in [6, 6.07) is 18.5. The van der Waals surface area contributed by atoms with Crippen LogP contribution in [0.15, 0.2) is 54.6 Å². The average molecular weight is 444 g/mol. The summed E-state index contributed by atoms with van der Waals surface area (Å²) < 4.78 is 11.5. The molecule has 5 rings (SSSR count). The minimum absolute atomic E-state index is 0.116. The minimum atomic E-state index is -0.116. The molecule has 1 saturated heterocycles. The number of pyridine rings is 1. The van der Waals surface area contributed by atoms with E-state index in [1.54, 1.807) is 0 Å². The van der Waals surface area contributed by atoms with Crippen LogP contribution in [-0.2, 0) is 6.54 Å². The second kappa shape index (κ2) is 9.24. The molecule has 2 aliphatic heterocycles. The molecule has 0 saturated carbocycles. The second-order valence-corrected chi connectivity index (χ2v) is 8.82. The molecule has 33 heavy (non-hydrogen) atoms. The molecule has 0 spiro atoms. The van der Waals surface area contributed by atoms with E-state index in [0.717, 1.165) is 48.1 Å². The summed E-state index contributed by atoms with van der Waals surface area (Å²) in [6.07, 6.45) is 2.32. The fraction of sp³-hybridized carbons (Fsp3) is 0.333. The molecule has 1 N–H and O–H groups in total. The SMILES string of the molecule is Cc1cc(C(=O)Nc2ccc(CN3CCC[C@@H]3c3ccc4c(c3)OCCO4)cc2)cc(C)n1. The van der Waals surface area contributed by atoms with Crippen LogP contribution in [0.4, 0.5) is 5.69 Å². The zero-order valence-corrected chi connectivity index (χ0v) is 19.1. The zero-order chi connectivity index (χ0) is 22.8. The van der Waals surface area contributed by atoms with Gasteiger partial charge in [0.1, 0.15) is 13.2 Å². The zero-order valence-electron chi connectivity index (χ0n) is 19.1. The molecule has 2 aliphatic rings. The smallest absolute Gasteiger partial charge is 0.255 e. The van der Waals surface area contributed by atoms with Crippen molar-refractivity contribution in [1.29, 1.82) is 0 Å². The molecule has 3 heterocycles. The summed E-state index contributed by atoms with van der Waals surface area (Å²) in [5.74, 6) is 1.57. The van der Waals surface area contributed by atoms with Crippen molar-refractivity contribution >= 4 is 11.6 Å². The number of carbonyl (C=O) groups is 1. The molecule has 1 amide bonds. The fourth-order valence-electron chi connectivity index (χ4n) is 4.76. The van der Waals surface area contributed by atoms with Crippen LogP contribution in [-0.4, -0.2) is 35.5 Å². The number of ether oxygens (including phenoxy) is 2. The van der Waals surface area contributed by atoms with E-state index < -0.39 is 0 Å². The Bertz CT molecular complexity index is 1140. The van der Waals surface area contributed by atoms with E-state index in [0.29, 0.717) is 24.8 Å². The van der Waals surface area contributed by atoms with Crippen molar-refractivity contribution in [3.8, 4) is 11.5 Å². The number of hydrogen-bond acceptors (Lipinski definition) is 5. The number of fused-ring (bicyclic) bond motifs is 1. The van der Waals surface area contributed by atoms with Gasteiger partial charge in [0.2, 0.25) is 0 Å². The van der Waals surface area contributed by atoms with Gasteiger partial charge in [-0.05, 0) is 80.8 Å². The van der Waals surface area contributed by atoms with Crippen LogP contribution in [0.2, 0.25) is 0 Å². The highest BCUT2D eigenvalue weighted by molar-refractivity contribution is 6.04. The van der Waals surface area contributed by atoms with E-state index in [-0.39, 0.29) is 5.91 Å². The number of hydrogen-bond donors (Lipinski definition) is 1. The molecule has 1 atom stereocenters. The van der Waals surface area contributed by atoms with Crippen LogP contribution >= 0.6 is 0 Å². The minimum Gasteiger partial charge on any atom is -0.486 e. The van der Waals surface area contributed by atoms with Crippen molar-refractivity contribution in [1.82, 2.24) is 9.88 Å². The van der Waals surface area contributed by atoms with Gasteiger partial charge in [0.05, 0.1) is 0 Å². The Labute approximate surface area is 194 Å². The first kappa shape index (κ1) is 21.5. The number of nitrogens with zero attached hydrogens (tertiary/aromatic N) is 2. The Morgan fingerprint density at radius 3 is 2.48 bits per heavy atom. The van der Waals surface area contributed by atoms with Crippen LogP contribution in [0.5, 0.6) is 11.5 Å². The van der Waals surface area contributed by atoms with Crippen molar-refractivity contribution in [2.24, 2.45) is 0 Å². The number of aryl methyl sites for hydroxylation is 2. The Morgan fingerprint density at radius 1 is 1.00 bits per heavy atom. The molecule has 1 fully saturated rings. The number of amides is 1. The van der Waals surface area contributed by atoms with Gasteiger partial charge < -0.3 is 14.8 Å². The van der Waals surface area contributed by atoms with E-state index in [4.69, 9.17) is 9.47 Å². The third-order valence-electron chi connectivity index (χ3n) is 6.26. The lowest BCUT2D eigenvalue weighted by Crippen LogP contribution is -2.23. The van der Waals surface area contributed by atoms with Gasteiger partial charge in [0, 0.05) is 35.2 Å². The third kappa shape index (κ3) is 4.86. The number of likely N-dealkylation sites (tertiary alicyclic amines) is 1.